The molecule has 0 atom stereocenters. The highest BCUT2D eigenvalue weighted by Crippen LogP contribution is 2.13. The van der Waals surface area contributed by atoms with Crippen LogP contribution in [0.1, 0.15) is 12.5 Å². The van der Waals surface area contributed by atoms with Crippen LogP contribution in [-0.2, 0) is 16.3 Å². The summed E-state index contributed by atoms with van der Waals surface area (Å²) in [4.78, 5) is 2.06. The first-order chi connectivity index (χ1) is 9.53. The van der Waals surface area contributed by atoms with Crippen molar-refractivity contribution in [1.82, 2.24) is 4.90 Å². The number of aliphatic hydroxyl groups excluding tert-OH is 2. The SMILES string of the molecule is CCc1ccc(S(=O)(=O)CCN(CCO)CCO)cc1. The molecule has 20 heavy (non-hydrogen) atoms. The molecule has 0 unspecified atom stereocenters. The second-order valence-corrected chi connectivity index (χ2v) is 6.71. The van der Waals surface area contributed by atoms with Crippen LogP contribution in [0.5, 0.6) is 0 Å². The van der Waals surface area contributed by atoms with Gasteiger partial charge in [-0.1, -0.05) is 19.1 Å². The highest BCUT2D eigenvalue weighted by atomic mass is 32.2. The van der Waals surface area contributed by atoms with Crippen molar-refractivity contribution in [2.45, 2.75) is 18.2 Å². The average Bonchev–Trinajstić information content (AvgIpc) is 2.45. The number of aliphatic hydroxyl groups is 2. The number of hydrogen-bond donors (Lipinski definition) is 2. The van der Waals surface area contributed by atoms with Gasteiger partial charge in [-0.2, -0.15) is 0 Å². The van der Waals surface area contributed by atoms with E-state index in [4.69, 9.17) is 10.2 Å². The summed E-state index contributed by atoms with van der Waals surface area (Å²) in [6.07, 6.45) is 0.876. The summed E-state index contributed by atoms with van der Waals surface area (Å²) < 4.78 is 24.4. The molecule has 0 saturated carbocycles. The Balaban J connectivity index is 2.68. The standard InChI is InChI=1S/C14H23NO4S/c1-2-13-3-5-14(6-4-13)20(18,19)12-9-15(7-10-16)8-11-17/h3-6,16-17H,2,7-12H2,1H3. The number of sulfone groups is 1. The van der Waals surface area contributed by atoms with Crippen molar-refractivity contribution in [1.29, 1.82) is 0 Å². The molecule has 0 heterocycles. The Bertz CT molecular complexity index is 478. The molecule has 0 bridgehead atoms. The van der Waals surface area contributed by atoms with Crippen LogP contribution < -0.4 is 0 Å². The van der Waals surface area contributed by atoms with Gasteiger partial charge in [0.05, 0.1) is 23.9 Å². The van der Waals surface area contributed by atoms with Crippen LogP contribution in [-0.4, -0.2) is 62.1 Å². The van der Waals surface area contributed by atoms with Crippen LogP contribution in [0, 0.1) is 0 Å². The molecule has 2 N–H and O–H groups in total. The minimum absolute atomic E-state index is 0.0154. The maximum absolute atomic E-state index is 12.2. The number of aryl methyl sites for hydroxylation is 1. The summed E-state index contributed by atoms with van der Waals surface area (Å²) in [6.45, 7) is 2.95. The molecule has 5 nitrogen and oxygen atoms in total. The molecule has 0 saturated heterocycles. The van der Waals surface area contributed by atoms with Crippen LogP contribution in [0.3, 0.4) is 0 Å². The summed E-state index contributed by atoms with van der Waals surface area (Å²) in [5, 5.41) is 17.8. The van der Waals surface area contributed by atoms with Gasteiger partial charge in [0.15, 0.2) is 9.84 Å². The van der Waals surface area contributed by atoms with E-state index in [0.717, 1.165) is 12.0 Å². The first-order valence-corrected chi connectivity index (χ1v) is 8.44. The Kier molecular flexibility index (Phi) is 7.15. The average molecular weight is 301 g/mol. The number of rotatable bonds is 9. The number of nitrogens with zero attached hydrogens (tertiary/aromatic N) is 1. The zero-order valence-corrected chi connectivity index (χ0v) is 12.6. The van der Waals surface area contributed by atoms with Crippen molar-refractivity contribution in [3.8, 4) is 0 Å². The fourth-order valence-electron chi connectivity index (χ4n) is 1.92. The predicted octanol–water partition coefficient (Wildman–Crippen LogP) is 0.309. The van der Waals surface area contributed by atoms with Crippen molar-refractivity contribution in [2.24, 2.45) is 0 Å². The molecule has 1 rings (SSSR count). The Labute approximate surface area is 120 Å². The molecule has 0 aromatic heterocycles. The number of benzene rings is 1. The van der Waals surface area contributed by atoms with Gasteiger partial charge in [0.2, 0.25) is 0 Å². The maximum atomic E-state index is 12.2. The fourth-order valence-corrected chi connectivity index (χ4v) is 3.20. The lowest BCUT2D eigenvalue weighted by atomic mass is 10.2. The molecular formula is C14H23NO4S. The highest BCUT2D eigenvalue weighted by Gasteiger charge is 2.16. The van der Waals surface area contributed by atoms with E-state index in [1.807, 2.05) is 19.1 Å². The van der Waals surface area contributed by atoms with E-state index >= 15 is 0 Å². The Hall–Kier alpha value is -0.950. The molecule has 0 radical (unpaired) electrons. The van der Waals surface area contributed by atoms with Gasteiger partial charge < -0.3 is 10.2 Å². The summed E-state index contributed by atoms with van der Waals surface area (Å²) >= 11 is 0. The largest absolute Gasteiger partial charge is 0.395 e. The van der Waals surface area contributed by atoms with Gasteiger partial charge in [-0.15, -0.1) is 0 Å². The minimum atomic E-state index is -3.32. The molecular weight excluding hydrogens is 278 g/mol. The van der Waals surface area contributed by atoms with E-state index in [-0.39, 0.29) is 19.0 Å². The van der Waals surface area contributed by atoms with Crippen molar-refractivity contribution in [2.75, 3.05) is 38.6 Å². The molecule has 114 valence electrons. The first-order valence-electron chi connectivity index (χ1n) is 6.79. The zero-order valence-electron chi connectivity index (χ0n) is 11.8. The summed E-state index contributed by atoms with van der Waals surface area (Å²) in [5.41, 5.74) is 1.10. The lowest BCUT2D eigenvalue weighted by Crippen LogP contribution is -2.34. The maximum Gasteiger partial charge on any atom is 0.179 e. The Morgan fingerprint density at radius 3 is 2.00 bits per heavy atom. The van der Waals surface area contributed by atoms with Gasteiger partial charge in [-0.05, 0) is 24.1 Å². The third-order valence-corrected chi connectivity index (χ3v) is 4.91. The van der Waals surface area contributed by atoms with Gasteiger partial charge in [0.25, 0.3) is 0 Å². The smallest absolute Gasteiger partial charge is 0.179 e. The number of hydrogen-bond acceptors (Lipinski definition) is 5. The normalized spacial score (nSPS) is 12.0. The van der Waals surface area contributed by atoms with Crippen LogP contribution >= 0.6 is 0 Å². The zero-order chi connectivity index (χ0) is 15.0. The molecule has 0 spiro atoms. The fraction of sp³-hybridized carbons (Fsp3) is 0.571. The van der Waals surface area contributed by atoms with E-state index in [1.54, 1.807) is 17.0 Å². The third kappa shape index (κ3) is 5.20. The molecule has 0 aliphatic carbocycles. The van der Waals surface area contributed by atoms with Gasteiger partial charge in [0.1, 0.15) is 0 Å². The molecule has 6 heteroatoms. The van der Waals surface area contributed by atoms with Crippen LogP contribution in [0.2, 0.25) is 0 Å². The molecule has 1 aromatic rings. The molecule has 0 amide bonds. The first kappa shape index (κ1) is 17.1. The van der Waals surface area contributed by atoms with E-state index in [0.29, 0.717) is 24.5 Å². The van der Waals surface area contributed by atoms with Gasteiger partial charge >= 0.3 is 0 Å². The van der Waals surface area contributed by atoms with E-state index in [9.17, 15) is 8.42 Å². The van der Waals surface area contributed by atoms with Gasteiger partial charge in [-0.25, -0.2) is 8.42 Å². The van der Waals surface area contributed by atoms with Crippen molar-refractivity contribution in [3.63, 3.8) is 0 Å². The molecule has 0 fully saturated rings. The quantitative estimate of drug-likeness (QED) is 0.686. The summed E-state index contributed by atoms with van der Waals surface area (Å²) in [7, 11) is -3.32. The highest BCUT2D eigenvalue weighted by molar-refractivity contribution is 7.91. The Morgan fingerprint density at radius 2 is 1.55 bits per heavy atom. The van der Waals surface area contributed by atoms with Gasteiger partial charge in [-0.3, -0.25) is 4.90 Å². The van der Waals surface area contributed by atoms with Crippen LogP contribution in [0.15, 0.2) is 29.2 Å². The summed E-state index contributed by atoms with van der Waals surface area (Å²) in [6, 6.07) is 6.92. The van der Waals surface area contributed by atoms with E-state index in [2.05, 4.69) is 0 Å². The topological polar surface area (TPSA) is 77.8 Å². The predicted molar refractivity (Wildman–Crippen MR) is 78.5 cm³/mol. The monoisotopic (exact) mass is 301 g/mol. The second kappa shape index (κ2) is 8.36. The van der Waals surface area contributed by atoms with Gasteiger partial charge in [0, 0.05) is 19.6 Å². The second-order valence-electron chi connectivity index (χ2n) is 4.61. The lowest BCUT2D eigenvalue weighted by Gasteiger charge is -2.19. The molecule has 0 aliphatic heterocycles. The third-order valence-electron chi connectivity index (χ3n) is 3.20. The van der Waals surface area contributed by atoms with Crippen LogP contribution in [0.4, 0.5) is 0 Å². The molecule has 0 aliphatic rings. The lowest BCUT2D eigenvalue weighted by molar-refractivity contribution is 0.167. The van der Waals surface area contributed by atoms with Crippen molar-refractivity contribution < 1.29 is 18.6 Å². The van der Waals surface area contributed by atoms with Crippen LogP contribution in [0.25, 0.3) is 0 Å². The van der Waals surface area contributed by atoms with Crippen molar-refractivity contribution in [3.05, 3.63) is 29.8 Å². The van der Waals surface area contributed by atoms with E-state index in [1.165, 1.54) is 0 Å². The van der Waals surface area contributed by atoms with E-state index < -0.39 is 9.84 Å². The Morgan fingerprint density at radius 1 is 1.00 bits per heavy atom. The minimum Gasteiger partial charge on any atom is -0.395 e. The van der Waals surface area contributed by atoms with Crippen molar-refractivity contribution >= 4 is 9.84 Å². The molecule has 1 aromatic carbocycles. The summed E-state index contributed by atoms with van der Waals surface area (Å²) in [5.74, 6) is -0.0154.